The van der Waals surface area contributed by atoms with E-state index < -0.39 is 46.7 Å². The third-order valence-electron chi connectivity index (χ3n) is 4.91. The van der Waals surface area contributed by atoms with Crippen LogP contribution in [0.25, 0.3) is 0 Å². The SMILES string of the molecule is O=C(CC(=O)N1CCNCC1)NNC(=O)C1CC[C@@H]2CN1C(=O)N2OS(=O)(=O)O. The first-order chi connectivity index (χ1) is 13.7. The van der Waals surface area contributed by atoms with E-state index in [9.17, 15) is 27.6 Å². The number of hydrogen-bond acceptors (Lipinski definition) is 8. The van der Waals surface area contributed by atoms with Crippen LogP contribution in [-0.2, 0) is 29.1 Å². The first kappa shape index (κ1) is 21.2. The van der Waals surface area contributed by atoms with Crippen LogP contribution in [0.5, 0.6) is 0 Å². The van der Waals surface area contributed by atoms with Gasteiger partial charge >= 0.3 is 16.4 Å². The lowest BCUT2D eigenvalue weighted by Crippen LogP contribution is -2.54. The van der Waals surface area contributed by atoms with Crippen molar-refractivity contribution in [1.29, 1.82) is 0 Å². The topological polar surface area (TPSA) is 178 Å². The molecule has 162 valence electrons. The third kappa shape index (κ3) is 5.11. The lowest BCUT2D eigenvalue weighted by molar-refractivity contribution is -0.138. The monoisotopic (exact) mass is 434 g/mol. The van der Waals surface area contributed by atoms with Gasteiger partial charge < -0.3 is 15.1 Å². The zero-order valence-electron chi connectivity index (χ0n) is 15.4. The second kappa shape index (κ2) is 8.48. The van der Waals surface area contributed by atoms with Gasteiger partial charge in [-0.05, 0) is 12.8 Å². The van der Waals surface area contributed by atoms with Gasteiger partial charge in [-0.2, -0.15) is 13.5 Å². The Kier molecular flexibility index (Phi) is 6.21. The van der Waals surface area contributed by atoms with Crippen molar-refractivity contribution in [3.8, 4) is 0 Å². The maximum absolute atomic E-state index is 12.4. The Labute approximate surface area is 166 Å². The molecule has 1 unspecified atom stereocenters. The molecule has 2 bridgehead atoms. The summed E-state index contributed by atoms with van der Waals surface area (Å²) in [4.78, 5) is 51.2. The largest absolute Gasteiger partial charge is 0.418 e. The summed E-state index contributed by atoms with van der Waals surface area (Å²) in [6, 6.07) is -2.47. The van der Waals surface area contributed by atoms with Crippen LogP contribution in [0.1, 0.15) is 19.3 Å². The fourth-order valence-corrected chi connectivity index (χ4v) is 3.91. The highest BCUT2D eigenvalue weighted by Crippen LogP contribution is 2.30. The normalized spacial score (nSPS) is 24.4. The maximum Gasteiger partial charge on any atom is 0.418 e. The molecule has 2 atom stereocenters. The van der Waals surface area contributed by atoms with E-state index in [0.717, 1.165) is 4.90 Å². The van der Waals surface area contributed by atoms with E-state index >= 15 is 0 Å². The fourth-order valence-electron chi connectivity index (χ4n) is 3.53. The summed E-state index contributed by atoms with van der Waals surface area (Å²) in [6.45, 7) is 2.33. The van der Waals surface area contributed by atoms with Crippen LogP contribution < -0.4 is 16.2 Å². The van der Waals surface area contributed by atoms with Gasteiger partial charge in [0, 0.05) is 32.7 Å². The number of amides is 5. The second-order valence-electron chi connectivity index (χ2n) is 6.85. The zero-order valence-corrected chi connectivity index (χ0v) is 16.2. The van der Waals surface area contributed by atoms with Crippen molar-refractivity contribution in [2.45, 2.75) is 31.3 Å². The summed E-state index contributed by atoms with van der Waals surface area (Å²) in [5, 5.41) is 3.61. The maximum atomic E-state index is 12.4. The van der Waals surface area contributed by atoms with Crippen molar-refractivity contribution in [3.05, 3.63) is 0 Å². The Hall–Kier alpha value is -2.49. The van der Waals surface area contributed by atoms with Gasteiger partial charge in [-0.1, -0.05) is 0 Å². The van der Waals surface area contributed by atoms with Gasteiger partial charge in [0.1, 0.15) is 12.5 Å². The minimum atomic E-state index is -4.88. The summed E-state index contributed by atoms with van der Waals surface area (Å²) >= 11 is 0. The molecule has 0 aromatic heterocycles. The number of rotatable bonds is 5. The average Bonchev–Trinajstić information content (AvgIpc) is 2.90. The van der Waals surface area contributed by atoms with E-state index in [1.807, 2.05) is 0 Å². The molecule has 29 heavy (non-hydrogen) atoms. The number of piperidine rings is 1. The third-order valence-corrected chi connectivity index (χ3v) is 5.26. The summed E-state index contributed by atoms with van der Waals surface area (Å²) in [6.07, 6.45) is 0.0278. The van der Waals surface area contributed by atoms with Crippen LogP contribution in [0.3, 0.4) is 0 Å². The number of nitrogens with one attached hydrogen (secondary N) is 3. The molecular formula is C14H22N6O8S. The first-order valence-electron chi connectivity index (χ1n) is 9.00. The van der Waals surface area contributed by atoms with Crippen LogP contribution in [0.15, 0.2) is 0 Å². The summed E-state index contributed by atoms with van der Waals surface area (Å²) in [5.41, 5.74) is 4.34. The molecule has 3 rings (SSSR count). The fraction of sp³-hybridized carbons (Fsp3) is 0.714. The van der Waals surface area contributed by atoms with Crippen molar-refractivity contribution >= 4 is 34.2 Å². The molecule has 3 fully saturated rings. The van der Waals surface area contributed by atoms with Crippen LogP contribution in [0, 0.1) is 0 Å². The van der Waals surface area contributed by atoms with Crippen molar-refractivity contribution in [2.24, 2.45) is 0 Å². The summed E-state index contributed by atoms with van der Waals surface area (Å²) in [5.74, 6) is -1.74. The van der Waals surface area contributed by atoms with Gasteiger partial charge in [0.25, 0.3) is 5.91 Å². The van der Waals surface area contributed by atoms with E-state index in [4.69, 9.17) is 4.55 Å². The molecule has 3 aliphatic heterocycles. The Morgan fingerprint density at radius 3 is 2.52 bits per heavy atom. The number of hydrogen-bond donors (Lipinski definition) is 4. The molecule has 0 radical (unpaired) electrons. The lowest BCUT2D eigenvalue weighted by atomic mass is 10.0. The predicted molar refractivity (Wildman–Crippen MR) is 93.7 cm³/mol. The molecular weight excluding hydrogens is 412 g/mol. The van der Waals surface area contributed by atoms with Gasteiger partial charge in [0.2, 0.25) is 11.8 Å². The van der Waals surface area contributed by atoms with Crippen molar-refractivity contribution in [3.63, 3.8) is 0 Å². The quantitative estimate of drug-likeness (QED) is 0.199. The van der Waals surface area contributed by atoms with E-state index in [1.54, 1.807) is 4.90 Å². The van der Waals surface area contributed by atoms with Crippen LogP contribution >= 0.6 is 0 Å². The van der Waals surface area contributed by atoms with Gasteiger partial charge in [-0.3, -0.25) is 29.8 Å². The minimum Gasteiger partial charge on any atom is -0.340 e. The van der Waals surface area contributed by atoms with Gasteiger partial charge in [-0.25, -0.2) is 4.79 Å². The highest BCUT2D eigenvalue weighted by Gasteiger charge is 2.49. The molecule has 0 aromatic rings. The highest BCUT2D eigenvalue weighted by molar-refractivity contribution is 7.80. The molecule has 5 amide bonds. The van der Waals surface area contributed by atoms with Gasteiger partial charge in [0.05, 0.1) is 6.04 Å². The molecule has 0 saturated carbocycles. The summed E-state index contributed by atoms with van der Waals surface area (Å²) in [7, 11) is -4.88. The highest BCUT2D eigenvalue weighted by atomic mass is 32.3. The van der Waals surface area contributed by atoms with E-state index in [1.165, 1.54) is 0 Å². The number of carbonyl (C=O) groups excluding carboxylic acids is 4. The van der Waals surface area contributed by atoms with Crippen molar-refractivity contribution in [1.82, 2.24) is 31.0 Å². The van der Waals surface area contributed by atoms with Gasteiger partial charge in [0.15, 0.2) is 0 Å². The minimum absolute atomic E-state index is 0.0296. The molecule has 15 heteroatoms. The predicted octanol–water partition coefficient (Wildman–Crippen LogP) is -3.04. The van der Waals surface area contributed by atoms with Crippen LogP contribution in [0.2, 0.25) is 0 Å². The molecule has 14 nitrogen and oxygen atoms in total. The number of urea groups is 1. The molecule has 3 saturated heterocycles. The van der Waals surface area contributed by atoms with E-state index in [0.29, 0.717) is 31.2 Å². The zero-order chi connectivity index (χ0) is 21.2. The number of hydroxylamine groups is 2. The standard InChI is InChI=1S/C14H22N6O8S/c21-11(7-12(22)18-5-3-15-4-6-18)16-17-13(23)10-2-1-9-8-19(10)14(24)20(9)28-29(25,26)27/h9-10,15H,1-8H2,(H,16,21)(H,17,23)(H,25,26,27)/t9-,10?/m1/s1. The average molecular weight is 434 g/mol. The number of hydrazine groups is 1. The molecule has 0 aromatic carbocycles. The van der Waals surface area contributed by atoms with Crippen LogP contribution in [-0.4, -0.2) is 96.4 Å². The molecule has 3 heterocycles. The molecule has 4 N–H and O–H groups in total. The lowest BCUT2D eigenvalue weighted by Gasteiger charge is -2.29. The van der Waals surface area contributed by atoms with E-state index in [-0.39, 0.29) is 25.3 Å². The Morgan fingerprint density at radius 1 is 1.17 bits per heavy atom. The van der Waals surface area contributed by atoms with Crippen LogP contribution in [0.4, 0.5) is 4.79 Å². The van der Waals surface area contributed by atoms with Crippen molar-refractivity contribution in [2.75, 3.05) is 32.7 Å². The van der Waals surface area contributed by atoms with E-state index in [2.05, 4.69) is 20.5 Å². The smallest absolute Gasteiger partial charge is 0.340 e. The number of fused-ring (bicyclic) bond motifs is 2. The van der Waals surface area contributed by atoms with Crippen molar-refractivity contribution < 1.29 is 36.4 Å². The Morgan fingerprint density at radius 2 is 1.86 bits per heavy atom. The Balaban J connectivity index is 1.49. The molecule has 3 aliphatic rings. The number of nitrogens with zero attached hydrogens (tertiary/aromatic N) is 3. The number of piperazine rings is 1. The Bertz CT molecular complexity index is 798. The molecule has 0 spiro atoms. The summed E-state index contributed by atoms with van der Waals surface area (Å²) < 4.78 is 34.8. The molecule has 0 aliphatic carbocycles. The number of carbonyl (C=O) groups is 4. The first-order valence-corrected chi connectivity index (χ1v) is 10.4. The second-order valence-corrected chi connectivity index (χ2v) is 7.86. The van der Waals surface area contributed by atoms with Gasteiger partial charge in [-0.15, -0.1) is 4.28 Å².